The minimum absolute atomic E-state index is 0.0325. The van der Waals surface area contributed by atoms with E-state index in [4.69, 9.17) is 0 Å². The molecule has 0 saturated carbocycles. The summed E-state index contributed by atoms with van der Waals surface area (Å²) in [6.07, 6.45) is 2.72. The molecule has 2 amide bonds. The second kappa shape index (κ2) is 6.65. The van der Waals surface area contributed by atoms with E-state index < -0.39 is 5.95 Å². The quantitative estimate of drug-likeness (QED) is 0.861. The lowest BCUT2D eigenvalue weighted by Gasteiger charge is -2.32. The summed E-state index contributed by atoms with van der Waals surface area (Å²) in [4.78, 5) is 29.1. The van der Waals surface area contributed by atoms with Gasteiger partial charge in [-0.2, -0.15) is 4.39 Å². The Hall–Kier alpha value is -1.98. The summed E-state index contributed by atoms with van der Waals surface area (Å²) >= 11 is 0. The Balaban J connectivity index is 1.87. The van der Waals surface area contributed by atoms with Crippen molar-refractivity contribution in [1.29, 1.82) is 0 Å². The zero-order valence-electron chi connectivity index (χ0n) is 12.3. The van der Waals surface area contributed by atoms with Crippen LogP contribution in [0.3, 0.4) is 0 Å². The lowest BCUT2D eigenvalue weighted by atomic mass is 10.0. The third-order valence-electron chi connectivity index (χ3n) is 3.63. The number of aromatic nitrogens is 1. The van der Waals surface area contributed by atoms with E-state index in [-0.39, 0.29) is 23.8 Å². The van der Waals surface area contributed by atoms with Crippen molar-refractivity contribution in [1.82, 2.24) is 15.2 Å². The van der Waals surface area contributed by atoms with Crippen LogP contribution in [0.25, 0.3) is 0 Å². The highest BCUT2D eigenvalue weighted by Crippen LogP contribution is 2.14. The predicted octanol–water partition coefficient (Wildman–Crippen LogP) is 1.60. The molecule has 1 aromatic heterocycles. The third kappa shape index (κ3) is 4.00. The number of rotatable bonds is 3. The van der Waals surface area contributed by atoms with Gasteiger partial charge in [0.1, 0.15) is 0 Å². The van der Waals surface area contributed by atoms with E-state index in [0.717, 1.165) is 12.8 Å². The van der Waals surface area contributed by atoms with Gasteiger partial charge in [0.05, 0.1) is 5.56 Å². The number of carbonyl (C=O) groups excluding carboxylic acids is 2. The Bertz CT molecular complexity index is 508. The monoisotopic (exact) mass is 293 g/mol. The largest absolute Gasteiger partial charge is 0.353 e. The van der Waals surface area contributed by atoms with Gasteiger partial charge in [0.15, 0.2) is 0 Å². The molecule has 21 heavy (non-hydrogen) atoms. The average Bonchev–Trinajstić information content (AvgIpc) is 2.48. The highest BCUT2D eigenvalue weighted by atomic mass is 19.1. The molecule has 0 aromatic carbocycles. The highest BCUT2D eigenvalue weighted by molar-refractivity contribution is 5.93. The van der Waals surface area contributed by atoms with Crippen molar-refractivity contribution >= 4 is 11.8 Å². The third-order valence-corrected chi connectivity index (χ3v) is 3.63. The first-order valence-corrected chi connectivity index (χ1v) is 7.18. The minimum atomic E-state index is -0.596. The number of hydrogen-bond acceptors (Lipinski definition) is 3. The molecule has 1 aromatic rings. The van der Waals surface area contributed by atoms with Crippen LogP contribution in [0.15, 0.2) is 18.3 Å². The maximum Gasteiger partial charge on any atom is 0.255 e. The van der Waals surface area contributed by atoms with E-state index in [0.29, 0.717) is 18.7 Å². The number of carbonyl (C=O) groups is 2. The van der Waals surface area contributed by atoms with Crippen LogP contribution in [0.2, 0.25) is 0 Å². The fourth-order valence-electron chi connectivity index (χ4n) is 2.28. The molecule has 2 rings (SSSR count). The SMILES string of the molecule is CC(C)C(=O)NC1CCN(C(=O)c2ccc(F)nc2)CC1. The van der Waals surface area contributed by atoms with Gasteiger partial charge in [-0.25, -0.2) is 4.98 Å². The molecular weight excluding hydrogens is 273 g/mol. The van der Waals surface area contributed by atoms with Crippen LogP contribution >= 0.6 is 0 Å². The molecule has 0 atom stereocenters. The molecule has 0 spiro atoms. The lowest BCUT2D eigenvalue weighted by Crippen LogP contribution is -2.47. The number of halogens is 1. The minimum Gasteiger partial charge on any atom is -0.353 e. The number of hydrogen-bond donors (Lipinski definition) is 1. The van der Waals surface area contributed by atoms with Gasteiger partial charge in [-0.3, -0.25) is 9.59 Å². The van der Waals surface area contributed by atoms with E-state index in [1.807, 2.05) is 13.8 Å². The molecule has 0 bridgehead atoms. The molecule has 1 aliphatic heterocycles. The van der Waals surface area contributed by atoms with Crippen molar-refractivity contribution in [3.05, 3.63) is 29.8 Å². The van der Waals surface area contributed by atoms with Crippen LogP contribution in [0.1, 0.15) is 37.0 Å². The van der Waals surface area contributed by atoms with Crippen LogP contribution in [-0.4, -0.2) is 40.8 Å². The molecule has 1 fully saturated rings. The van der Waals surface area contributed by atoms with E-state index in [2.05, 4.69) is 10.3 Å². The Morgan fingerprint density at radius 3 is 2.52 bits per heavy atom. The fraction of sp³-hybridized carbons (Fsp3) is 0.533. The number of likely N-dealkylation sites (tertiary alicyclic amines) is 1. The zero-order valence-corrected chi connectivity index (χ0v) is 12.3. The average molecular weight is 293 g/mol. The van der Waals surface area contributed by atoms with Crippen LogP contribution < -0.4 is 5.32 Å². The van der Waals surface area contributed by atoms with Crippen molar-refractivity contribution < 1.29 is 14.0 Å². The van der Waals surface area contributed by atoms with Crippen molar-refractivity contribution in [3.8, 4) is 0 Å². The summed E-state index contributed by atoms with van der Waals surface area (Å²) in [5.74, 6) is -0.727. The van der Waals surface area contributed by atoms with Crippen molar-refractivity contribution in [3.63, 3.8) is 0 Å². The predicted molar refractivity (Wildman–Crippen MR) is 76.1 cm³/mol. The van der Waals surface area contributed by atoms with Gasteiger partial charge in [-0.15, -0.1) is 0 Å². The first-order valence-electron chi connectivity index (χ1n) is 7.18. The van der Waals surface area contributed by atoms with Crippen LogP contribution in [-0.2, 0) is 4.79 Å². The zero-order chi connectivity index (χ0) is 15.4. The van der Waals surface area contributed by atoms with Crippen LogP contribution in [0.5, 0.6) is 0 Å². The number of nitrogens with one attached hydrogen (secondary N) is 1. The van der Waals surface area contributed by atoms with Gasteiger partial charge < -0.3 is 10.2 Å². The Morgan fingerprint density at radius 2 is 2.00 bits per heavy atom. The Morgan fingerprint density at radius 1 is 1.33 bits per heavy atom. The summed E-state index contributed by atoms with van der Waals surface area (Å²) in [5.41, 5.74) is 0.390. The molecule has 1 aliphatic rings. The summed E-state index contributed by atoms with van der Waals surface area (Å²) in [7, 11) is 0. The van der Waals surface area contributed by atoms with Crippen molar-refractivity contribution in [2.75, 3.05) is 13.1 Å². The van der Waals surface area contributed by atoms with Gasteiger partial charge in [0, 0.05) is 31.2 Å². The van der Waals surface area contributed by atoms with Crippen molar-refractivity contribution in [2.45, 2.75) is 32.7 Å². The van der Waals surface area contributed by atoms with Gasteiger partial charge in [-0.05, 0) is 25.0 Å². The van der Waals surface area contributed by atoms with Gasteiger partial charge in [0.2, 0.25) is 11.9 Å². The Kier molecular flexibility index (Phi) is 4.88. The van der Waals surface area contributed by atoms with E-state index >= 15 is 0 Å². The van der Waals surface area contributed by atoms with E-state index in [1.165, 1.54) is 18.3 Å². The molecule has 5 nitrogen and oxygen atoms in total. The molecule has 6 heteroatoms. The first kappa shape index (κ1) is 15.4. The Labute approximate surface area is 123 Å². The highest BCUT2D eigenvalue weighted by Gasteiger charge is 2.25. The topological polar surface area (TPSA) is 62.3 Å². The standard InChI is InChI=1S/C15H20FN3O2/c1-10(2)14(20)18-12-5-7-19(8-6-12)15(21)11-3-4-13(16)17-9-11/h3-4,9-10,12H,5-8H2,1-2H3,(H,18,20). The van der Waals surface area contributed by atoms with E-state index in [9.17, 15) is 14.0 Å². The molecule has 0 radical (unpaired) electrons. The van der Waals surface area contributed by atoms with Crippen molar-refractivity contribution in [2.24, 2.45) is 5.92 Å². The molecule has 114 valence electrons. The molecule has 0 aliphatic carbocycles. The normalized spacial score (nSPS) is 16.1. The number of amides is 2. The molecule has 0 unspecified atom stereocenters. The van der Waals surface area contributed by atoms with Gasteiger partial charge in [-0.1, -0.05) is 13.8 Å². The number of pyridine rings is 1. The van der Waals surface area contributed by atoms with Crippen LogP contribution in [0.4, 0.5) is 4.39 Å². The molecule has 2 heterocycles. The maximum absolute atomic E-state index is 12.8. The second-order valence-electron chi connectivity index (χ2n) is 5.60. The van der Waals surface area contributed by atoms with Crippen LogP contribution in [0, 0.1) is 11.9 Å². The maximum atomic E-state index is 12.8. The number of piperidine rings is 1. The van der Waals surface area contributed by atoms with E-state index in [1.54, 1.807) is 4.90 Å². The summed E-state index contributed by atoms with van der Waals surface area (Å²) in [6.45, 7) is 4.88. The number of nitrogens with zero attached hydrogens (tertiary/aromatic N) is 2. The molecule has 1 saturated heterocycles. The lowest BCUT2D eigenvalue weighted by molar-refractivity contribution is -0.124. The first-order chi connectivity index (χ1) is 9.97. The smallest absolute Gasteiger partial charge is 0.255 e. The summed E-state index contributed by atoms with van der Waals surface area (Å²) < 4.78 is 12.8. The van der Waals surface area contributed by atoms with Gasteiger partial charge >= 0.3 is 0 Å². The second-order valence-corrected chi connectivity index (χ2v) is 5.60. The van der Waals surface area contributed by atoms with Gasteiger partial charge in [0.25, 0.3) is 5.91 Å². The summed E-state index contributed by atoms with van der Waals surface area (Å²) in [6, 6.07) is 2.75. The fourth-order valence-corrected chi connectivity index (χ4v) is 2.28. The summed E-state index contributed by atoms with van der Waals surface area (Å²) in [5, 5.41) is 2.99. The molecule has 1 N–H and O–H groups in total. The molecular formula is C15H20FN3O2.